The lowest BCUT2D eigenvalue weighted by Gasteiger charge is -2.32. The molecule has 4 heteroatoms. The van der Waals surface area contributed by atoms with Crippen molar-refractivity contribution in [3.05, 3.63) is 23.4 Å². The van der Waals surface area contributed by atoms with E-state index in [1.54, 1.807) is 6.20 Å². The molecule has 3 nitrogen and oxygen atoms in total. The molecule has 80 valence electrons. The van der Waals surface area contributed by atoms with Crippen molar-refractivity contribution in [2.75, 3.05) is 25.0 Å². The summed E-state index contributed by atoms with van der Waals surface area (Å²) in [6, 6.07) is 5.30. The van der Waals surface area contributed by atoms with Gasteiger partial charge < -0.3 is 4.90 Å². The molecule has 0 aliphatic carbocycles. The van der Waals surface area contributed by atoms with Crippen LogP contribution < -0.4 is 4.90 Å². The van der Waals surface area contributed by atoms with Crippen molar-refractivity contribution in [2.24, 2.45) is 0 Å². The maximum atomic E-state index is 5.83. The van der Waals surface area contributed by atoms with Crippen molar-refractivity contribution >= 4 is 17.4 Å². The van der Waals surface area contributed by atoms with Crippen molar-refractivity contribution in [2.45, 2.75) is 18.5 Å². The maximum absolute atomic E-state index is 5.83. The molecule has 15 heavy (non-hydrogen) atoms. The van der Waals surface area contributed by atoms with Crippen molar-refractivity contribution in [3.63, 3.8) is 0 Å². The Morgan fingerprint density at radius 1 is 1.33 bits per heavy atom. The molecule has 2 atom stereocenters. The predicted molar refractivity (Wildman–Crippen MR) is 61.4 cm³/mol. The Morgan fingerprint density at radius 3 is 2.73 bits per heavy atom. The van der Waals surface area contributed by atoms with E-state index in [0.717, 1.165) is 18.9 Å². The van der Waals surface area contributed by atoms with Gasteiger partial charge >= 0.3 is 0 Å². The molecule has 0 radical (unpaired) electrons. The van der Waals surface area contributed by atoms with E-state index in [1.807, 2.05) is 12.1 Å². The summed E-state index contributed by atoms with van der Waals surface area (Å²) in [5, 5.41) is 0.709. The summed E-state index contributed by atoms with van der Waals surface area (Å²) in [4.78, 5) is 9.22. The van der Waals surface area contributed by atoms with E-state index >= 15 is 0 Å². The molecule has 0 N–H and O–H groups in total. The fourth-order valence-corrected chi connectivity index (χ4v) is 2.80. The summed E-state index contributed by atoms with van der Waals surface area (Å²) < 4.78 is 0. The minimum atomic E-state index is 0.647. The Morgan fingerprint density at radius 2 is 2.20 bits per heavy atom. The first-order valence-corrected chi connectivity index (χ1v) is 5.70. The highest BCUT2D eigenvalue weighted by atomic mass is 35.5. The second-order valence-corrected chi connectivity index (χ2v) is 4.91. The van der Waals surface area contributed by atoms with Crippen LogP contribution in [0.4, 0.5) is 5.82 Å². The number of anilines is 1. The Balaban J connectivity index is 1.83. The van der Waals surface area contributed by atoms with Crippen LogP contribution in [0.3, 0.4) is 0 Å². The number of hydrogen-bond donors (Lipinski definition) is 0. The fraction of sp³-hybridized carbons (Fsp3) is 0.545. The zero-order valence-corrected chi connectivity index (χ0v) is 9.48. The van der Waals surface area contributed by atoms with Crippen LogP contribution in [0.2, 0.25) is 5.02 Å². The van der Waals surface area contributed by atoms with Gasteiger partial charge in [-0.15, -0.1) is 0 Å². The smallest absolute Gasteiger partial charge is 0.128 e. The SMILES string of the molecule is CN1C[C@H]2C[C@@H]1CN2c1ccc(Cl)cn1. The summed E-state index contributed by atoms with van der Waals surface area (Å²) >= 11 is 5.83. The van der Waals surface area contributed by atoms with E-state index in [2.05, 4.69) is 21.8 Å². The van der Waals surface area contributed by atoms with E-state index in [9.17, 15) is 0 Å². The van der Waals surface area contributed by atoms with Gasteiger partial charge in [0.25, 0.3) is 0 Å². The van der Waals surface area contributed by atoms with Crippen LogP contribution >= 0.6 is 11.6 Å². The van der Waals surface area contributed by atoms with E-state index in [0.29, 0.717) is 17.1 Å². The highest BCUT2D eigenvalue weighted by Crippen LogP contribution is 2.32. The third-order valence-corrected chi connectivity index (χ3v) is 3.74. The number of rotatable bonds is 1. The summed E-state index contributed by atoms with van der Waals surface area (Å²) in [7, 11) is 2.21. The molecular formula is C11H14ClN3. The number of pyridine rings is 1. The molecule has 0 aromatic carbocycles. The number of likely N-dealkylation sites (tertiary alicyclic amines) is 1. The van der Waals surface area contributed by atoms with Crippen LogP contribution in [0.5, 0.6) is 0 Å². The third kappa shape index (κ3) is 1.50. The van der Waals surface area contributed by atoms with Crippen LogP contribution in [-0.4, -0.2) is 42.1 Å². The molecule has 1 aromatic heterocycles. The van der Waals surface area contributed by atoms with Crippen LogP contribution in [0.15, 0.2) is 18.3 Å². The number of hydrogen-bond acceptors (Lipinski definition) is 3. The molecule has 2 aliphatic heterocycles. The molecule has 0 spiro atoms. The third-order valence-electron chi connectivity index (χ3n) is 3.52. The molecule has 3 heterocycles. The van der Waals surface area contributed by atoms with E-state index in [-0.39, 0.29) is 0 Å². The fourth-order valence-electron chi connectivity index (χ4n) is 2.68. The van der Waals surface area contributed by atoms with Crippen molar-refractivity contribution in [1.29, 1.82) is 0 Å². The second kappa shape index (κ2) is 3.35. The summed E-state index contributed by atoms with van der Waals surface area (Å²) in [6.07, 6.45) is 3.01. The monoisotopic (exact) mass is 223 g/mol. The van der Waals surface area contributed by atoms with Crippen molar-refractivity contribution in [1.82, 2.24) is 9.88 Å². The predicted octanol–water partition coefficient (Wildman–Crippen LogP) is 1.63. The molecule has 2 aliphatic rings. The van der Waals surface area contributed by atoms with Gasteiger partial charge in [0, 0.05) is 31.4 Å². The van der Waals surface area contributed by atoms with Gasteiger partial charge in [0.1, 0.15) is 5.82 Å². The van der Waals surface area contributed by atoms with Gasteiger partial charge in [0.2, 0.25) is 0 Å². The van der Waals surface area contributed by atoms with Crippen LogP contribution in [0.1, 0.15) is 6.42 Å². The van der Waals surface area contributed by atoms with E-state index in [1.165, 1.54) is 6.42 Å². The summed E-state index contributed by atoms with van der Waals surface area (Å²) in [6.45, 7) is 2.27. The maximum Gasteiger partial charge on any atom is 0.128 e. The molecule has 2 saturated heterocycles. The first-order valence-electron chi connectivity index (χ1n) is 5.32. The Kier molecular flexibility index (Phi) is 2.11. The first kappa shape index (κ1) is 9.43. The Hall–Kier alpha value is -0.800. The van der Waals surface area contributed by atoms with Gasteiger partial charge in [-0.25, -0.2) is 4.98 Å². The molecule has 3 rings (SSSR count). The quantitative estimate of drug-likeness (QED) is 0.722. The minimum Gasteiger partial charge on any atom is -0.351 e. The molecule has 2 bridgehead atoms. The first-order chi connectivity index (χ1) is 7.24. The topological polar surface area (TPSA) is 19.4 Å². The number of nitrogens with zero attached hydrogens (tertiary/aromatic N) is 3. The average Bonchev–Trinajstić information content (AvgIpc) is 2.77. The number of piperazine rings is 1. The molecule has 0 saturated carbocycles. The average molecular weight is 224 g/mol. The van der Waals surface area contributed by atoms with Crippen LogP contribution in [0.25, 0.3) is 0 Å². The van der Waals surface area contributed by atoms with E-state index < -0.39 is 0 Å². The van der Waals surface area contributed by atoms with Gasteiger partial charge in [-0.3, -0.25) is 4.90 Å². The van der Waals surface area contributed by atoms with Gasteiger partial charge in [0.05, 0.1) is 5.02 Å². The minimum absolute atomic E-state index is 0.647. The van der Waals surface area contributed by atoms with Crippen molar-refractivity contribution < 1.29 is 0 Å². The van der Waals surface area contributed by atoms with Crippen LogP contribution in [0, 0.1) is 0 Å². The van der Waals surface area contributed by atoms with Crippen molar-refractivity contribution in [3.8, 4) is 0 Å². The lowest BCUT2D eigenvalue weighted by Crippen LogP contribution is -2.44. The largest absolute Gasteiger partial charge is 0.351 e. The molecular weight excluding hydrogens is 210 g/mol. The van der Waals surface area contributed by atoms with E-state index in [4.69, 9.17) is 11.6 Å². The zero-order chi connectivity index (χ0) is 10.4. The van der Waals surface area contributed by atoms with Gasteiger partial charge in [-0.05, 0) is 25.6 Å². The molecule has 1 aromatic rings. The Bertz CT molecular complexity index is 363. The number of fused-ring (bicyclic) bond motifs is 2. The second-order valence-electron chi connectivity index (χ2n) is 4.47. The standard InChI is InChI=1S/C11H14ClN3/c1-14-6-10-4-9(14)7-15(10)11-3-2-8(12)5-13-11/h2-3,5,9-10H,4,6-7H2,1H3/t9-,10-/m1/s1. The summed E-state index contributed by atoms with van der Waals surface area (Å²) in [5.41, 5.74) is 0. The summed E-state index contributed by atoms with van der Waals surface area (Å²) in [5.74, 6) is 1.07. The molecule has 2 fully saturated rings. The van der Waals surface area contributed by atoms with Gasteiger partial charge in [-0.1, -0.05) is 11.6 Å². The normalized spacial score (nSPS) is 30.1. The lowest BCUT2D eigenvalue weighted by atomic mass is 10.2. The molecule has 0 unspecified atom stereocenters. The number of aromatic nitrogens is 1. The highest BCUT2D eigenvalue weighted by Gasteiger charge is 2.41. The van der Waals surface area contributed by atoms with Gasteiger partial charge in [-0.2, -0.15) is 0 Å². The number of halogens is 1. The zero-order valence-electron chi connectivity index (χ0n) is 8.73. The lowest BCUT2D eigenvalue weighted by molar-refractivity contribution is 0.292. The Labute approximate surface area is 94.7 Å². The highest BCUT2D eigenvalue weighted by molar-refractivity contribution is 6.30. The number of likely N-dealkylation sites (N-methyl/N-ethyl adjacent to an activating group) is 1. The molecule has 0 amide bonds. The van der Waals surface area contributed by atoms with Crippen LogP contribution in [-0.2, 0) is 0 Å². The van der Waals surface area contributed by atoms with Gasteiger partial charge in [0.15, 0.2) is 0 Å².